The van der Waals surface area contributed by atoms with Crippen molar-refractivity contribution in [3.8, 4) is 0 Å². The summed E-state index contributed by atoms with van der Waals surface area (Å²) in [5.41, 5.74) is 0.850. The Labute approximate surface area is 111 Å². The SMILES string of the molecule is Cc1nccn1CCCSc1ncc(CO)n1C. The summed E-state index contributed by atoms with van der Waals surface area (Å²) in [5.74, 6) is 2.06. The molecule has 0 aliphatic carbocycles. The van der Waals surface area contributed by atoms with Crippen LogP contribution in [0.15, 0.2) is 23.7 Å². The van der Waals surface area contributed by atoms with Crippen molar-refractivity contribution >= 4 is 11.8 Å². The Morgan fingerprint density at radius 2 is 2.22 bits per heavy atom. The van der Waals surface area contributed by atoms with E-state index in [-0.39, 0.29) is 6.61 Å². The fourth-order valence-corrected chi connectivity index (χ4v) is 2.64. The van der Waals surface area contributed by atoms with E-state index in [0.29, 0.717) is 0 Å². The molecule has 2 aromatic heterocycles. The normalized spacial score (nSPS) is 11.1. The van der Waals surface area contributed by atoms with Crippen LogP contribution in [0.4, 0.5) is 0 Å². The van der Waals surface area contributed by atoms with Crippen LogP contribution in [0.25, 0.3) is 0 Å². The van der Waals surface area contributed by atoms with E-state index in [1.165, 1.54) is 0 Å². The van der Waals surface area contributed by atoms with Crippen molar-refractivity contribution in [3.63, 3.8) is 0 Å². The molecule has 0 atom stereocenters. The molecule has 1 N–H and O–H groups in total. The van der Waals surface area contributed by atoms with Crippen LogP contribution in [0.2, 0.25) is 0 Å². The maximum Gasteiger partial charge on any atom is 0.167 e. The van der Waals surface area contributed by atoms with Crippen molar-refractivity contribution in [1.29, 1.82) is 0 Å². The number of aliphatic hydroxyl groups excluding tert-OH is 1. The summed E-state index contributed by atoms with van der Waals surface area (Å²) in [6.45, 7) is 3.04. The highest BCUT2D eigenvalue weighted by Crippen LogP contribution is 2.18. The van der Waals surface area contributed by atoms with Gasteiger partial charge in [0.05, 0.1) is 18.5 Å². The van der Waals surface area contributed by atoms with Crippen LogP contribution in [0, 0.1) is 6.92 Å². The van der Waals surface area contributed by atoms with Crippen LogP contribution in [0.3, 0.4) is 0 Å². The second kappa shape index (κ2) is 6.06. The Morgan fingerprint density at radius 1 is 1.39 bits per heavy atom. The van der Waals surface area contributed by atoms with E-state index < -0.39 is 0 Å². The Kier molecular flexibility index (Phi) is 4.43. The van der Waals surface area contributed by atoms with Gasteiger partial charge in [0, 0.05) is 31.7 Å². The lowest BCUT2D eigenvalue weighted by Gasteiger charge is -2.05. The van der Waals surface area contributed by atoms with Crippen molar-refractivity contribution in [2.45, 2.75) is 31.7 Å². The average molecular weight is 266 g/mol. The molecule has 2 rings (SSSR count). The first-order valence-corrected chi connectivity index (χ1v) is 6.93. The highest BCUT2D eigenvalue weighted by molar-refractivity contribution is 7.99. The van der Waals surface area contributed by atoms with Crippen molar-refractivity contribution in [3.05, 3.63) is 30.1 Å². The zero-order valence-electron chi connectivity index (χ0n) is 10.7. The number of thioether (sulfide) groups is 1. The van der Waals surface area contributed by atoms with Gasteiger partial charge < -0.3 is 14.2 Å². The van der Waals surface area contributed by atoms with Gasteiger partial charge in [0.1, 0.15) is 5.82 Å². The van der Waals surface area contributed by atoms with Crippen LogP contribution in [0.5, 0.6) is 0 Å². The molecule has 0 aliphatic heterocycles. The van der Waals surface area contributed by atoms with Gasteiger partial charge >= 0.3 is 0 Å². The minimum atomic E-state index is 0.0400. The molecule has 5 nitrogen and oxygen atoms in total. The highest BCUT2D eigenvalue weighted by atomic mass is 32.2. The van der Waals surface area contributed by atoms with E-state index in [1.54, 1.807) is 18.0 Å². The lowest BCUT2D eigenvalue weighted by Crippen LogP contribution is -2.01. The standard InChI is InChI=1S/C12H18N4OS/c1-10-13-4-6-16(10)5-3-7-18-12-14-8-11(9-17)15(12)2/h4,6,8,17H,3,5,7,9H2,1-2H3. The monoisotopic (exact) mass is 266 g/mol. The minimum absolute atomic E-state index is 0.0400. The summed E-state index contributed by atoms with van der Waals surface area (Å²) in [6.07, 6.45) is 6.63. The lowest BCUT2D eigenvalue weighted by molar-refractivity contribution is 0.271. The summed E-state index contributed by atoms with van der Waals surface area (Å²) in [5, 5.41) is 10.0. The molecule has 2 aromatic rings. The molecule has 0 radical (unpaired) electrons. The topological polar surface area (TPSA) is 55.9 Å². The first-order chi connectivity index (χ1) is 8.72. The predicted octanol–water partition coefficient (Wildman–Crippen LogP) is 1.60. The molecule has 0 aromatic carbocycles. The Balaban J connectivity index is 1.78. The Morgan fingerprint density at radius 3 is 2.83 bits per heavy atom. The highest BCUT2D eigenvalue weighted by Gasteiger charge is 2.05. The van der Waals surface area contributed by atoms with Crippen molar-refractivity contribution in [2.24, 2.45) is 7.05 Å². The molecular weight excluding hydrogens is 248 g/mol. The third kappa shape index (κ3) is 2.94. The van der Waals surface area contributed by atoms with Gasteiger partial charge in [-0.2, -0.15) is 0 Å². The predicted molar refractivity (Wildman–Crippen MR) is 71.4 cm³/mol. The summed E-state index contributed by atoms with van der Waals surface area (Å²) < 4.78 is 4.09. The maximum absolute atomic E-state index is 9.08. The van der Waals surface area contributed by atoms with Crippen LogP contribution in [-0.4, -0.2) is 30.0 Å². The fourth-order valence-electron chi connectivity index (χ4n) is 1.75. The van der Waals surface area contributed by atoms with Gasteiger partial charge in [0.25, 0.3) is 0 Å². The summed E-state index contributed by atoms with van der Waals surface area (Å²) in [6, 6.07) is 0. The van der Waals surface area contributed by atoms with Crippen molar-refractivity contribution < 1.29 is 5.11 Å². The van der Waals surface area contributed by atoms with Gasteiger partial charge in [-0.05, 0) is 13.3 Å². The molecule has 0 aliphatic rings. The smallest absolute Gasteiger partial charge is 0.167 e. The molecule has 98 valence electrons. The molecular formula is C12H18N4OS. The van der Waals surface area contributed by atoms with Gasteiger partial charge in [-0.3, -0.25) is 0 Å². The number of imidazole rings is 2. The van der Waals surface area contributed by atoms with Crippen LogP contribution >= 0.6 is 11.8 Å². The lowest BCUT2D eigenvalue weighted by atomic mass is 10.4. The molecule has 0 unspecified atom stereocenters. The molecule has 0 saturated heterocycles. The second-order valence-corrected chi connectivity index (χ2v) is 5.18. The number of hydrogen-bond acceptors (Lipinski definition) is 4. The number of aliphatic hydroxyl groups is 1. The number of rotatable bonds is 6. The van der Waals surface area contributed by atoms with E-state index in [9.17, 15) is 0 Å². The molecule has 0 fully saturated rings. The van der Waals surface area contributed by atoms with Crippen molar-refractivity contribution in [2.75, 3.05) is 5.75 Å². The van der Waals surface area contributed by atoms with Crippen LogP contribution in [-0.2, 0) is 20.2 Å². The number of aromatic nitrogens is 4. The van der Waals surface area contributed by atoms with Gasteiger partial charge in [-0.15, -0.1) is 0 Å². The molecule has 0 saturated carbocycles. The van der Waals surface area contributed by atoms with Gasteiger partial charge in [-0.1, -0.05) is 11.8 Å². The van der Waals surface area contributed by atoms with Gasteiger partial charge in [-0.25, -0.2) is 9.97 Å². The molecule has 18 heavy (non-hydrogen) atoms. The zero-order valence-corrected chi connectivity index (χ0v) is 11.5. The Hall–Kier alpha value is -1.27. The van der Waals surface area contributed by atoms with Crippen molar-refractivity contribution in [1.82, 2.24) is 19.1 Å². The summed E-state index contributed by atoms with van der Waals surface area (Å²) in [4.78, 5) is 8.48. The van der Waals surface area contributed by atoms with E-state index in [0.717, 1.165) is 35.4 Å². The van der Waals surface area contributed by atoms with Gasteiger partial charge in [0.15, 0.2) is 5.16 Å². The summed E-state index contributed by atoms with van der Waals surface area (Å²) >= 11 is 1.72. The first kappa shape index (κ1) is 13.2. The maximum atomic E-state index is 9.08. The largest absolute Gasteiger partial charge is 0.390 e. The quantitative estimate of drug-likeness (QED) is 0.637. The molecule has 0 spiro atoms. The molecule has 2 heterocycles. The number of aryl methyl sites for hydroxylation is 2. The number of hydrogen-bond donors (Lipinski definition) is 1. The van der Waals surface area contributed by atoms with Crippen LogP contribution in [0.1, 0.15) is 17.9 Å². The van der Waals surface area contributed by atoms with Gasteiger partial charge in [0.2, 0.25) is 0 Å². The molecule has 0 amide bonds. The third-order valence-corrected chi connectivity index (χ3v) is 4.03. The molecule has 6 heteroatoms. The third-order valence-electron chi connectivity index (χ3n) is 2.90. The number of nitrogens with zero attached hydrogens (tertiary/aromatic N) is 4. The Bertz CT molecular complexity index is 506. The first-order valence-electron chi connectivity index (χ1n) is 5.94. The summed E-state index contributed by atoms with van der Waals surface area (Å²) in [7, 11) is 1.93. The fraction of sp³-hybridized carbons (Fsp3) is 0.500. The van der Waals surface area contributed by atoms with E-state index in [2.05, 4.69) is 14.5 Å². The van der Waals surface area contributed by atoms with E-state index >= 15 is 0 Å². The minimum Gasteiger partial charge on any atom is -0.390 e. The van der Waals surface area contributed by atoms with E-state index in [1.807, 2.05) is 30.9 Å². The zero-order chi connectivity index (χ0) is 13.0. The van der Waals surface area contributed by atoms with E-state index in [4.69, 9.17) is 5.11 Å². The van der Waals surface area contributed by atoms with Crippen LogP contribution < -0.4 is 0 Å². The average Bonchev–Trinajstić information content (AvgIpc) is 2.92. The molecule has 0 bridgehead atoms. The second-order valence-electron chi connectivity index (χ2n) is 4.12.